The van der Waals surface area contributed by atoms with Gasteiger partial charge >= 0.3 is 0 Å². The number of hydrogen-bond donors (Lipinski definition) is 1. The van der Waals surface area contributed by atoms with E-state index in [0.717, 1.165) is 25.7 Å². The highest BCUT2D eigenvalue weighted by atomic mass is 15.0. The van der Waals surface area contributed by atoms with Gasteiger partial charge in [0.05, 0.1) is 23.7 Å². The van der Waals surface area contributed by atoms with Crippen LogP contribution in [0.4, 0.5) is 0 Å². The third-order valence-electron chi connectivity index (χ3n) is 4.06. The molecule has 0 saturated heterocycles. The fourth-order valence-electron chi connectivity index (χ4n) is 3.15. The summed E-state index contributed by atoms with van der Waals surface area (Å²) in [7, 11) is 0. The number of hydrogen-bond acceptors (Lipinski definition) is 3. The van der Waals surface area contributed by atoms with Crippen LogP contribution in [0.15, 0.2) is 18.3 Å². The van der Waals surface area contributed by atoms with Gasteiger partial charge in [-0.2, -0.15) is 5.26 Å². The molecule has 17 heavy (non-hydrogen) atoms. The Hall–Kier alpha value is -1.40. The van der Waals surface area contributed by atoms with Crippen LogP contribution < -0.4 is 5.32 Å². The molecule has 1 aromatic heterocycles. The van der Waals surface area contributed by atoms with Crippen LogP contribution in [0.3, 0.4) is 0 Å². The Kier molecular flexibility index (Phi) is 2.82. The Morgan fingerprint density at radius 3 is 3.18 bits per heavy atom. The van der Waals surface area contributed by atoms with Crippen LogP contribution in [0.2, 0.25) is 0 Å². The van der Waals surface area contributed by atoms with E-state index < -0.39 is 0 Å². The van der Waals surface area contributed by atoms with Crippen molar-refractivity contribution in [3.63, 3.8) is 0 Å². The molecule has 0 aliphatic heterocycles. The average molecular weight is 227 g/mol. The van der Waals surface area contributed by atoms with Gasteiger partial charge in [-0.1, -0.05) is 12.5 Å². The van der Waals surface area contributed by atoms with Gasteiger partial charge < -0.3 is 5.32 Å². The van der Waals surface area contributed by atoms with Crippen LogP contribution >= 0.6 is 0 Å². The predicted molar refractivity (Wildman–Crippen MR) is 65.2 cm³/mol. The number of aryl methyl sites for hydroxylation is 1. The van der Waals surface area contributed by atoms with Gasteiger partial charge in [0.25, 0.3) is 0 Å². The van der Waals surface area contributed by atoms with Crippen molar-refractivity contribution in [1.82, 2.24) is 10.3 Å². The van der Waals surface area contributed by atoms with Gasteiger partial charge in [-0.3, -0.25) is 4.98 Å². The highest BCUT2D eigenvalue weighted by Gasteiger charge is 2.32. The van der Waals surface area contributed by atoms with Crippen LogP contribution in [-0.4, -0.2) is 11.0 Å². The van der Waals surface area contributed by atoms with Crippen LogP contribution in [0.1, 0.15) is 43.0 Å². The standard InChI is InChI=1S/C14H17N3/c15-9-11-3-1-5-12(11)17-13-7-6-10-4-2-8-16-14(10)13/h2,4,8,11-13,17H,1,3,5-7H2. The molecule has 1 saturated carbocycles. The van der Waals surface area contributed by atoms with Gasteiger partial charge in [0.1, 0.15) is 0 Å². The largest absolute Gasteiger partial charge is 0.304 e. The molecule has 2 aliphatic rings. The topological polar surface area (TPSA) is 48.7 Å². The fraction of sp³-hybridized carbons (Fsp3) is 0.571. The number of nitrogens with zero attached hydrogens (tertiary/aromatic N) is 2. The van der Waals surface area contributed by atoms with Gasteiger partial charge in [0, 0.05) is 12.2 Å². The van der Waals surface area contributed by atoms with Crippen molar-refractivity contribution in [1.29, 1.82) is 5.26 Å². The zero-order chi connectivity index (χ0) is 11.7. The lowest BCUT2D eigenvalue weighted by molar-refractivity contribution is 0.396. The monoisotopic (exact) mass is 227 g/mol. The van der Waals surface area contributed by atoms with Crippen molar-refractivity contribution < 1.29 is 0 Å². The first kappa shape index (κ1) is 10.7. The van der Waals surface area contributed by atoms with Crippen molar-refractivity contribution in [2.24, 2.45) is 5.92 Å². The number of pyridine rings is 1. The Bertz CT molecular complexity index is 449. The Morgan fingerprint density at radius 2 is 2.29 bits per heavy atom. The second kappa shape index (κ2) is 4.46. The second-order valence-electron chi connectivity index (χ2n) is 5.08. The summed E-state index contributed by atoms with van der Waals surface area (Å²) in [5.41, 5.74) is 2.58. The average Bonchev–Trinajstić information content (AvgIpc) is 2.97. The van der Waals surface area contributed by atoms with Crippen molar-refractivity contribution in [2.75, 3.05) is 0 Å². The maximum atomic E-state index is 9.10. The van der Waals surface area contributed by atoms with E-state index in [1.165, 1.54) is 17.7 Å². The molecule has 88 valence electrons. The molecule has 3 rings (SSSR count). The lowest BCUT2D eigenvalue weighted by Gasteiger charge is -2.21. The summed E-state index contributed by atoms with van der Waals surface area (Å²) in [6, 6.07) is 7.34. The summed E-state index contributed by atoms with van der Waals surface area (Å²) in [4.78, 5) is 4.49. The molecular formula is C14H17N3. The van der Waals surface area contributed by atoms with Gasteiger partial charge in [-0.05, 0) is 37.3 Å². The van der Waals surface area contributed by atoms with E-state index in [1.54, 1.807) is 0 Å². The minimum absolute atomic E-state index is 0.197. The summed E-state index contributed by atoms with van der Waals surface area (Å²) >= 11 is 0. The first-order chi connectivity index (χ1) is 8.38. The highest BCUT2D eigenvalue weighted by Crippen LogP contribution is 2.33. The molecule has 3 unspecified atom stereocenters. The van der Waals surface area contributed by atoms with Crippen molar-refractivity contribution in [3.8, 4) is 6.07 Å². The lowest BCUT2D eigenvalue weighted by atomic mass is 10.0. The zero-order valence-corrected chi connectivity index (χ0v) is 9.89. The Morgan fingerprint density at radius 1 is 1.35 bits per heavy atom. The number of nitriles is 1. The molecule has 3 nitrogen and oxygen atoms in total. The summed E-state index contributed by atoms with van der Waals surface area (Å²) in [5.74, 6) is 0.197. The molecule has 0 aromatic carbocycles. The molecule has 1 fully saturated rings. The molecule has 1 aromatic rings. The Labute approximate surface area is 102 Å². The number of nitrogens with one attached hydrogen (secondary N) is 1. The molecule has 0 spiro atoms. The highest BCUT2D eigenvalue weighted by molar-refractivity contribution is 5.28. The zero-order valence-electron chi connectivity index (χ0n) is 9.89. The van der Waals surface area contributed by atoms with E-state index in [0.29, 0.717) is 12.1 Å². The van der Waals surface area contributed by atoms with E-state index in [9.17, 15) is 0 Å². The summed E-state index contributed by atoms with van der Waals surface area (Å²) < 4.78 is 0. The maximum absolute atomic E-state index is 9.10. The quantitative estimate of drug-likeness (QED) is 0.843. The number of fused-ring (bicyclic) bond motifs is 1. The van der Waals surface area contributed by atoms with E-state index in [1.807, 2.05) is 12.3 Å². The first-order valence-electron chi connectivity index (χ1n) is 6.48. The normalized spacial score (nSPS) is 31.1. The number of aromatic nitrogens is 1. The molecule has 1 heterocycles. The van der Waals surface area contributed by atoms with E-state index in [4.69, 9.17) is 5.26 Å². The third kappa shape index (κ3) is 1.94. The van der Waals surface area contributed by atoms with Crippen LogP contribution in [0.25, 0.3) is 0 Å². The molecule has 2 aliphatic carbocycles. The fourth-order valence-corrected chi connectivity index (χ4v) is 3.15. The molecule has 0 radical (unpaired) electrons. The summed E-state index contributed by atoms with van der Waals surface area (Å²) in [6.45, 7) is 0. The smallest absolute Gasteiger partial charge is 0.0672 e. The van der Waals surface area contributed by atoms with Crippen molar-refractivity contribution in [3.05, 3.63) is 29.6 Å². The lowest BCUT2D eigenvalue weighted by Crippen LogP contribution is -2.34. The van der Waals surface area contributed by atoms with Gasteiger partial charge in [0.15, 0.2) is 0 Å². The summed E-state index contributed by atoms with van der Waals surface area (Å²) in [6.07, 6.45) is 7.48. The van der Waals surface area contributed by atoms with Gasteiger partial charge in [-0.25, -0.2) is 0 Å². The first-order valence-corrected chi connectivity index (χ1v) is 6.48. The van der Waals surface area contributed by atoms with Gasteiger partial charge in [0.2, 0.25) is 0 Å². The Balaban J connectivity index is 1.73. The second-order valence-corrected chi connectivity index (χ2v) is 5.08. The minimum atomic E-state index is 0.197. The molecule has 0 amide bonds. The third-order valence-corrected chi connectivity index (χ3v) is 4.06. The molecule has 3 atom stereocenters. The minimum Gasteiger partial charge on any atom is -0.304 e. The van der Waals surface area contributed by atoms with Crippen LogP contribution in [0.5, 0.6) is 0 Å². The van der Waals surface area contributed by atoms with E-state index in [-0.39, 0.29) is 5.92 Å². The molecule has 0 bridgehead atoms. The SMILES string of the molecule is N#CC1CCCC1NC1CCc2cccnc21. The molecule has 1 N–H and O–H groups in total. The van der Waals surface area contributed by atoms with Crippen molar-refractivity contribution in [2.45, 2.75) is 44.2 Å². The van der Waals surface area contributed by atoms with E-state index in [2.05, 4.69) is 22.4 Å². The summed E-state index contributed by atoms with van der Waals surface area (Å²) in [5, 5.41) is 12.7. The van der Waals surface area contributed by atoms with Crippen LogP contribution in [-0.2, 0) is 6.42 Å². The number of rotatable bonds is 2. The van der Waals surface area contributed by atoms with E-state index >= 15 is 0 Å². The predicted octanol–water partition coefficient (Wildman–Crippen LogP) is 2.35. The van der Waals surface area contributed by atoms with Crippen LogP contribution in [0, 0.1) is 17.2 Å². The molecular weight excluding hydrogens is 210 g/mol. The van der Waals surface area contributed by atoms with Gasteiger partial charge in [-0.15, -0.1) is 0 Å². The molecule has 3 heteroatoms. The maximum Gasteiger partial charge on any atom is 0.0672 e. The van der Waals surface area contributed by atoms with Crippen molar-refractivity contribution >= 4 is 0 Å².